The summed E-state index contributed by atoms with van der Waals surface area (Å²) in [5.41, 5.74) is 0. The lowest BCUT2D eigenvalue weighted by molar-refractivity contribution is 0.415. The number of benzene rings is 1. The van der Waals surface area contributed by atoms with Crippen LogP contribution in [0.25, 0.3) is 10.8 Å². The Bertz CT molecular complexity index is 580. The SMILES string of the molecule is CC.COc1ccc2c(Cl)nc(N3CCCC3)cc2c1. The van der Waals surface area contributed by atoms with Crippen LogP contribution in [0.2, 0.25) is 5.15 Å². The van der Waals surface area contributed by atoms with Crippen molar-refractivity contribution < 1.29 is 4.74 Å². The molecule has 0 unspecified atom stereocenters. The molecule has 0 radical (unpaired) electrons. The van der Waals surface area contributed by atoms with Crippen molar-refractivity contribution in [2.45, 2.75) is 26.7 Å². The topological polar surface area (TPSA) is 25.4 Å². The lowest BCUT2D eigenvalue weighted by atomic mass is 10.1. The number of nitrogens with zero attached hydrogens (tertiary/aromatic N) is 2. The summed E-state index contributed by atoms with van der Waals surface area (Å²) < 4.78 is 5.25. The minimum absolute atomic E-state index is 0.567. The highest BCUT2D eigenvalue weighted by molar-refractivity contribution is 6.34. The second-order valence-corrected chi connectivity index (χ2v) is 4.91. The van der Waals surface area contributed by atoms with Gasteiger partial charge in [-0.2, -0.15) is 0 Å². The molecule has 0 bridgehead atoms. The molecule has 2 heterocycles. The molecule has 3 rings (SSSR count). The summed E-state index contributed by atoms with van der Waals surface area (Å²) in [6.07, 6.45) is 2.46. The lowest BCUT2D eigenvalue weighted by Crippen LogP contribution is -2.18. The van der Waals surface area contributed by atoms with E-state index in [-0.39, 0.29) is 0 Å². The van der Waals surface area contributed by atoms with Gasteiger partial charge < -0.3 is 9.64 Å². The highest BCUT2D eigenvalue weighted by Crippen LogP contribution is 2.30. The predicted molar refractivity (Wildman–Crippen MR) is 86.1 cm³/mol. The van der Waals surface area contributed by atoms with Crippen LogP contribution in [0.15, 0.2) is 24.3 Å². The van der Waals surface area contributed by atoms with Crippen molar-refractivity contribution in [3.05, 3.63) is 29.4 Å². The van der Waals surface area contributed by atoms with E-state index in [0.717, 1.165) is 35.4 Å². The fraction of sp³-hybridized carbons (Fsp3) is 0.438. The molecule has 0 spiro atoms. The van der Waals surface area contributed by atoms with E-state index in [1.54, 1.807) is 7.11 Å². The molecule has 20 heavy (non-hydrogen) atoms. The van der Waals surface area contributed by atoms with Gasteiger partial charge >= 0.3 is 0 Å². The number of halogens is 1. The molecule has 2 aromatic rings. The Morgan fingerprint density at radius 3 is 2.50 bits per heavy atom. The Morgan fingerprint density at radius 1 is 1.15 bits per heavy atom. The Morgan fingerprint density at radius 2 is 1.85 bits per heavy atom. The van der Waals surface area contributed by atoms with E-state index in [9.17, 15) is 0 Å². The quantitative estimate of drug-likeness (QED) is 0.761. The Hall–Kier alpha value is -1.48. The van der Waals surface area contributed by atoms with E-state index >= 15 is 0 Å². The standard InChI is InChI=1S/C14H15ClN2O.C2H6/c1-18-11-4-5-12-10(8-11)9-13(16-14(12)15)17-6-2-3-7-17;1-2/h4-5,8-9H,2-3,6-7H2,1H3;1-2H3. The van der Waals surface area contributed by atoms with Gasteiger partial charge in [-0.1, -0.05) is 25.4 Å². The molecule has 1 aromatic carbocycles. The van der Waals surface area contributed by atoms with E-state index in [4.69, 9.17) is 16.3 Å². The molecule has 4 heteroatoms. The fourth-order valence-electron chi connectivity index (χ4n) is 2.42. The molecule has 1 saturated heterocycles. The third-order valence-electron chi connectivity index (χ3n) is 3.41. The van der Waals surface area contributed by atoms with Crippen LogP contribution in [-0.2, 0) is 0 Å². The summed E-state index contributed by atoms with van der Waals surface area (Å²) in [4.78, 5) is 6.77. The average Bonchev–Trinajstić information content (AvgIpc) is 3.03. The summed E-state index contributed by atoms with van der Waals surface area (Å²) in [6.45, 7) is 6.14. The number of rotatable bonds is 2. The van der Waals surface area contributed by atoms with Gasteiger partial charge in [0, 0.05) is 18.5 Å². The monoisotopic (exact) mass is 292 g/mol. The molecular weight excluding hydrogens is 272 g/mol. The Balaban J connectivity index is 0.000000704. The normalized spacial score (nSPS) is 14.1. The highest BCUT2D eigenvalue weighted by Gasteiger charge is 2.15. The zero-order chi connectivity index (χ0) is 14.5. The van der Waals surface area contributed by atoms with Crippen molar-refractivity contribution in [2.75, 3.05) is 25.1 Å². The summed E-state index contributed by atoms with van der Waals surface area (Å²) in [7, 11) is 1.67. The smallest absolute Gasteiger partial charge is 0.139 e. The van der Waals surface area contributed by atoms with Gasteiger partial charge in [-0.05, 0) is 42.5 Å². The molecule has 1 aliphatic heterocycles. The van der Waals surface area contributed by atoms with Crippen LogP contribution in [0.4, 0.5) is 5.82 Å². The molecule has 1 fully saturated rings. The van der Waals surface area contributed by atoms with E-state index < -0.39 is 0 Å². The predicted octanol–water partition coefficient (Wildman–Crippen LogP) is 4.52. The summed E-state index contributed by atoms with van der Waals surface area (Å²) >= 11 is 6.26. The van der Waals surface area contributed by atoms with Gasteiger partial charge in [-0.25, -0.2) is 4.98 Å². The van der Waals surface area contributed by atoms with Gasteiger partial charge in [0.05, 0.1) is 7.11 Å². The van der Waals surface area contributed by atoms with Crippen LogP contribution in [0.5, 0.6) is 5.75 Å². The number of ether oxygens (including phenoxy) is 1. The summed E-state index contributed by atoms with van der Waals surface area (Å²) in [6, 6.07) is 7.96. The van der Waals surface area contributed by atoms with Gasteiger partial charge in [0.1, 0.15) is 16.7 Å². The van der Waals surface area contributed by atoms with Crippen molar-refractivity contribution in [3.8, 4) is 5.75 Å². The van der Waals surface area contributed by atoms with Crippen molar-refractivity contribution in [1.82, 2.24) is 4.98 Å². The number of anilines is 1. The number of aromatic nitrogens is 1. The molecule has 3 nitrogen and oxygen atoms in total. The minimum Gasteiger partial charge on any atom is -0.497 e. The fourth-order valence-corrected chi connectivity index (χ4v) is 2.67. The molecule has 0 amide bonds. The largest absolute Gasteiger partial charge is 0.497 e. The van der Waals surface area contributed by atoms with Crippen LogP contribution in [0, 0.1) is 0 Å². The van der Waals surface area contributed by atoms with Crippen LogP contribution < -0.4 is 9.64 Å². The van der Waals surface area contributed by atoms with Gasteiger partial charge in [-0.15, -0.1) is 0 Å². The Kier molecular flexibility index (Phi) is 5.07. The van der Waals surface area contributed by atoms with E-state index in [0.29, 0.717) is 5.15 Å². The zero-order valence-corrected chi connectivity index (χ0v) is 13.1. The van der Waals surface area contributed by atoms with Crippen molar-refractivity contribution in [3.63, 3.8) is 0 Å². The number of pyridine rings is 1. The molecule has 0 N–H and O–H groups in total. The lowest BCUT2D eigenvalue weighted by Gasteiger charge is -2.17. The average molecular weight is 293 g/mol. The summed E-state index contributed by atoms with van der Waals surface area (Å²) in [5, 5.41) is 2.62. The van der Waals surface area contributed by atoms with Gasteiger partial charge in [-0.3, -0.25) is 0 Å². The first kappa shape index (κ1) is 14.9. The third kappa shape index (κ3) is 2.98. The van der Waals surface area contributed by atoms with Gasteiger partial charge in [0.15, 0.2) is 0 Å². The van der Waals surface area contributed by atoms with Crippen molar-refractivity contribution >= 4 is 28.2 Å². The van der Waals surface area contributed by atoms with Crippen LogP contribution in [0.1, 0.15) is 26.7 Å². The number of hydrogen-bond acceptors (Lipinski definition) is 3. The van der Waals surface area contributed by atoms with Crippen LogP contribution in [0.3, 0.4) is 0 Å². The first-order chi connectivity index (χ1) is 9.78. The number of methoxy groups -OCH3 is 1. The Labute approximate surface area is 125 Å². The van der Waals surface area contributed by atoms with E-state index in [1.165, 1.54) is 12.8 Å². The van der Waals surface area contributed by atoms with Gasteiger partial charge in [0.25, 0.3) is 0 Å². The molecule has 0 aliphatic carbocycles. The maximum Gasteiger partial charge on any atom is 0.139 e. The first-order valence-electron chi connectivity index (χ1n) is 7.17. The first-order valence-corrected chi connectivity index (χ1v) is 7.55. The maximum absolute atomic E-state index is 6.26. The minimum atomic E-state index is 0.567. The van der Waals surface area contributed by atoms with E-state index in [2.05, 4.69) is 16.0 Å². The van der Waals surface area contributed by atoms with Crippen LogP contribution in [-0.4, -0.2) is 25.2 Å². The third-order valence-corrected chi connectivity index (χ3v) is 3.70. The molecular formula is C16H21ClN2O. The second-order valence-electron chi connectivity index (χ2n) is 4.55. The molecule has 1 aliphatic rings. The molecule has 108 valence electrons. The maximum atomic E-state index is 6.26. The molecule has 0 saturated carbocycles. The van der Waals surface area contributed by atoms with E-state index in [1.807, 2.05) is 32.0 Å². The van der Waals surface area contributed by atoms with Crippen molar-refractivity contribution in [2.24, 2.45) is 0 Å². The summed E-state index contributed by atoms with van der Waals surface area (Å²) in [5.74, 6) is 1.82. The van der Waals surface area contributed by atoms with Crippen LogP contribution >= 0.6 is 11.6 Å². The number of fused-ring (bicyclic) bond motifs is 1. The zero-order valence-electron chi connectivity index (χ0n) is 12.3. The molecule has 0 atom stereocenters. The molecule has 1 aromatic heterocycles. The number of hydrogen-bond donors (Lipinski definition) is 0. The second kappa shape index (κ2) is 6.80. The highest BCUT2D eigenvalue weighted by atomic mass is 35.5. The van der Waals surface area contributed by atoms with Crippen molar-refractivity contribution in [1.29, 1.82) is 0 Å². The van der Waals surface area contributed by atoms with Gasteiger partial charge in [0.2, 0.25) is 0 Å².